The standard InChI is InChI=1S/C30H35N5O3S/c1-22-11-20-39-29(22)30(36)31-26-10-8-24(35(16-17-37-2)13-12-34-14-18-38-19-15-34)21-23(26)7-9-28-25-5-3-4-6-27(25)32-33-28/h3-11,20-21H,12-19H2,1-2H3,(H,31,36)(H,32,33)/b9-7+. The van der Waals surface area contributed by atoms with E-state index in [2.05, 4.69) is 43.5 Å². The molecule has 0 spiro atoms. The van der Waals surface area contributed by atoms with Crippen molar-refractivity contribution in [1.29, 1.82) is 0 Å². The molecule has 3 heterocycles. The molecule has 1 saturated heterocycles. The number of thiophene rings is 1. The van der Waals surface area contributed by atoms with Crippen molar-refractivity contribution in [3.8, 4) is 0 Å². The maximum atomic E-state index is 13.1. The Morgan fingerprint density at radius 3 is 2.82 bits per heavy atom. The van der Waals surface area contributed by atoms with Gasteiger partial charge in [0.15, 0.2) is 0 Å². The summed E-state index contributed by atoms with van der Waals surface area (Å²) in [6.07, 6.45) is 4.02. The highest BCUT2D eigenvalue weighted by Crippen LogP contribution is 2.28. The van der Waals surface area contributed by atoms with Gasteiger partial charge in [-0.1, -0.05) is 24.3 Å². The number of morpholine rings is 1. The third kappa shape index (κ3) is 6.75. The van der Waals surface area contributed by atoms with E-state index < -0.39 is 0 Å². The molecule has 0 saturated carbocycles. The van der Waals surface area contributed by atoms with Crippen molar-refractivity contribution in [3.63, 3.8) is 0 Å². The number of amides is 1. The first kappa shape index (κ1) is 27.1. The molecule has 39 heavy (non-hydrogen) atoms. The first-order valence-corrected chi connectivity index (χ1v) is 14.1. The molecule has 5 rings (SSSR count). The molecule has 2 aromatic carbocycles. The fourth-order valence-corrected chi connectivity index (χ4v) is 5.54. The van der Waals surface area contributed by atoms with Crippen LogP contribution in [0.25, 0.3) is 23.1 Å². The highest BCUT2D eigenvalue weighted by molar-refractivity contribution is 7.12. The lowest BCUT2D eigenvalue weighted by molar-refractivity contribution is 0.0390. The number of aromatic nitrogens is 2. The molecule has 0 atom stereocenters. The number of carbonyl (C=O) groups excluding carboxylic acids is 1. The van der Waals surface area contributed by atoms with Gasteiger partial charge in [0, 0.05) is 62.2 Å². The fourth-order valence-electron chi connectivity index (χ4n) is 4.72. The zero-order chi connectivity index (χ0) is 27.0. The van der Waals surface area contributed by atoms with Gasteiger partial charge in [0.25, 0.3) is 5.91 Å². The van der Waals surface area contributed by atoms with Gasteiger partial charge < -0.3 is 19.7 Å². The van der Waals surface area contributed by atoms with Crippen LogP contribution in [-0.4, -0.2) is 80.7 Å². The number of benzene rings is 2. The number of H-pyrrole nitrogens is 1. The molecule has 8 nitrogen and oxygen atoms in total. The number of rotatable bonds is 11. The van der Waals surface area contributed by atoms with Gasteiger partial charge in [-0.2, -0.15) is 5.10 Å². The summed E-state index contributed by atoms with van der Waals surface area (Å²) >= 11 is 1.45. The van der Waals surface area contributed by atoms with E-state index in [0.29, 0.717) is 6.61 Å². The Morgan fingerprint density at radius 2 is 2.03 bits per heavy atom. The summed E-state index contributed by atoms with van der Waals surface area (Å²) < 4.78 is 10.9. The molecule has 1 fully saturated rings. The van der Waals surface area contributed by atoms with Gasteiger partial charge in [-0.25, -0.2) is 0 Å². The Morgan fingerprint density at radius 1 is 1.18 bits per heavy atom. The van der Waals surface area contributed by atoms with Gasteiger partial charge in [0.1, 0.15) is 0 Å². The van der Waals surface area contributed by atoms with Gasteiger partial charge in [0.05, 0.1) is 35.9 Å². The number of hydrogen-bond donors (Lipinski definition) is 2. The van der Waals surface area contributed by atoms with E-state index >= 15 is 0 Å². The van der Waals surface area contributed by atoms with E-state index in [4.69, 9.17) is 9.47 Å². The van der Waals surface area contributed by atoms with E-state index in [0.717, 1.165) is 89.9 Å². The van der Waals surface area contributed by atoms with Crippen LogP contribution in [0, 0.1) is 6.92 Å². The summed E-state index contributed by atoms with van der Waals surface area (Å²) in [6.45, 7) is 8.66. The van der Waals surface area contributed by atoms with E-state index in [1.807, 2.05) is 54.8 Å². The highest BCUT2D eigenvalue weighted by Gasteiger charge is 2.16. The van der Waals surface area contributed by atoms with Gasteiger partial charge in [-0.15, -0.1) is 11.3 Å². The number of ether oxygens (including phenoxy) is 2. The number of fused-ring (bicyclic) bond motifs is 1. The maximum Gasteiger partial charge on any atom is 0.266 e. The molecular weight excluding hydrogens is 510 g/mol. The van der Waals surface area contributed by atoms with Gasteiger partial charge in [-0.3, -0.25) is 14.8 Å². The SMILES string of the molecule is COCCN(CCN1CCOCC1)c1ccc(NC(=O)c2sccc2C)c(/C=C/c2n[nH]c3ccccc23)c1. The van der Waals surface area contributed by atoms with Gasteiger partial charge in [-0.05, 0) is 54.3 Å². The predicted octanol–water partition coefficient (Wildman–Crippen LogP) is 5.14. The Balaban J connectivity index is 1.44. The molecule has 2 N–H and O–H groups in total. The van der Waals surface area contributed by atoms with Crippen LogP contribution in [-0.2, 0) is 9.47 Å². The molecule has 1 amide bonds. The number of hydrogen-bond acceptors (Lipinski definition) is 7. The van der Waals surface area contributed by atoms with Gasteiger partial charge >= 0.3 is 0 Å². The molecule has 204 valence electrons. The average molecular weight is 546 g/mol. The molecule has 2 aromatic heterocycles. The minimum absolute atomic E-state index is 0.0984. The molecular formula is C30H35N5O3S. The zero-order valence-corrected chi connectivity index (χ0v) is 23.3. The number of aryl methyl sites for hydroxylation is 1. The third-order valence-electron chi connectivity index (χ3n) is 6.99. The second kappa shape index (κ2) is 13.0. The highest BCUT2D eigenvalue weighted by atomic mass is 32.1. The molecule has 1 aliphatic rings. The first-order chi connectivity index (χ1) is 19.1. The molecule has 0 unspecified atom stereocenters. The van der Waals surface area contributed by atoms with Crippen molar-refractivity contribution in [1.82, 2.24) is 15.1 Å². The van der Waals surface area contributed by atoms with Crippen LogP contribution in [0.4, 0.5) is 11.4 Å². The number of nitrogens with zero attached hydrogens (tertiary/aromatic N) is 3. The van der Waals surface area contributed by atoms with E-state index in [1.165, 1.54) is 11.3 Å². The minimum atomic E-state index is -0.0984. The average Bonchev–Trinajstić information content (AvgIpc) is 3.59. The Bertz CT molecular complexity index is 1420. The molecule has 9 heteroatoms. The lowest BCUT2D eigenvalue weighted by Crippen LogP contribution is -2.42. The largest absolute Gasteiger partial charge is 0.383 e. The smallest absolute Gasteiger partial charge is 0.266 e. The summed E-state index contributed by atoms with van der Waals surface area (Å²) in [6, 6.07) is 16.2. The van der Waals surface area contributed by atoms with Crippen molar-refractivity contribution in [2.24, 2.45) is 0 Å². The van der Waals surface area contributed by atoms with Crippen LogP contribution in [0.5, 0.6) is 0 Å². The Hall–Kier alpha value is -3.50. The first-order valence-electron chi connectivity index (χ1n) is 13.3. The number of methoxy groups -OCH3 is 1. The molecule has 0 radical (unpaired) electrons. The normalized spacial score (nSPS) is 14.3. The quantitative estimate of drug-likeness (QED) is 0.272. The fraction of sp³-hybridized carbons (Fsp3) is 0.333. The number of nitrogens with one attached hydrogen (secondary N) is 2. The van der Waals surface area contributed by atoms with E-state index in [9.17, 15) is 4.79 Å². The number of aromatic amines is 1. The second-order valence-corrected chi connectivity index (χ2v) is 10.5. The molecule has 0 bridgehead atoms. The lowest BCUT2D eigenvalue weighted by atomic mass is 10.1. The number of para-hydroxylation sites is 1. The molecule has 1 aliphatic heterocycles. The van der Waals surface area contributed by atoms with Crippen LogP contribution in [0.1, 0.15) is 26.5 Å². The van der Waals surface area contributed by atoms with Crippen molar-refractivity contribution in [2.75, 3.05) is 69.9 Å². The summed E-state index contributed by atoms with van der Waals surface area (Å²) in [5.74, 6) is -0.0984. The van der Waals surface area contributed by atoms with Crippen molar-refractivity contribution in [3.05, 3.63) is 75.6 Å². The van der Waals surface area contributed by atoms with Gasteiger partial charge in [0.2, 0.25) is 0 Å². The monoisotopic (exact) mass is 545 g/mol. The van der Waals surface area contributed by atoms with Crippen LogP contribution in [0.15, 0.2) is 53.9 Å². The topological polar surface area (TPSA) is 82.7 Å². The minimum Gasteiger partial charge on any atom is -0.383 e. The molecule has 0 aliphatic carbocycles. The second-order valence-electron chi connectivity index (χ2n) is 9.58. The predicted molar refractivity (Wildman–Crippen MR) is 160 cm³/mol. The summed E-state index contributed by atoms with van der Waals surface area (Å²) in [7, 11) is 1.73. The van der Waals surface area contributed by atoms with Crippen LogP contribution >= 0.6 is 11.3 Å². The maximum absolute atomic E-state index is 13.1. The third-order valence-corrected chi connectivity index (χ3v) is 8.01. The zero-order valence-electron chi connectivity index (χ0n) is 22.5. The molecule has 4 aromatic rings. The van der Waals surface area contributed by atoms with Crippen LogP contribution < -0.4 is 10.2 Å². The van der Waals surface area contributed by atoms with Crippen molar-refractivity contribution >= 4 is 51.7 Å². The number of carbonyl (C=O) groups is 1. The Kier molecular flexibility index (Phi) is 9.05. The van der Waals surface area contributed by atoms with E-state index in [-0.39, 0.29) is 5.91 Å². The van der Waals surface area contributed by atoms with Crippen molar-refractivity contribution < 1.29 is 14.3 Å². The van der Waals surface area contributed by atoms with E-state index in [1.54, 1.807) is 7.11 Å². The van der Waals surface area contributed by atoms with Crippen LogP contribution in [0.2, 0.25) is 0 Å². The van der Waals surface area contributed by atoms with Crippen molar-refractivity contribution in [2.45, 2.75) is 6.92 Å². The summed E-state index contributed by atoms with van der Waals surface area (Å²) in [5, 5.41) is 13.7. The Labute approximate surface area is 233 Å². The number of anilines is 2. The summed E-state index contributed by atoms with van der Waals surface area (Å²) in [4.78, 5) is 18.6. The summed E-state index contributed by atoms with van der Waals surface area (Å²) in [5.41, 5.74) is 5.57. The lowest BCUT2D eigenvalue weighted by Gasteiger charge is -2.31. The van der Waals surface area contributed by atoms with Crippen LogP contribution in [0.3, 0.4) is 0 Å².